The number of nitrogens with zero attached hydrogens (tertiary/aromatic N) is 1. The number of morpholine rings is 1. The van der Waals surface area contributed by atoms with Crippen LogP contribution in [0.25, 0.3) is 0 Å². The molecule has 0 spiro atoms. The minimum atomic E-state index is -1.11. The van der Waals surface area contributed by atoms with Crippen molar-refractivity contribution < 1.29 is 19.7 Å². The molecule has 1 fully saturated rings. The summed E-state index contributed by atoms with van der Waals surface area (Å²) in [5.74, 6) is 0.0361. The van der Waals surface area contributed by atoms with Gasteiger partial charge in [0.1, 0.15) is 6.23 Å². The van der Waals surface area contributed by atoms with E-state index >= 15 is 0 Å². The van der Waals surface area contributed by atoms with Crippen LogP contribution in [-0.2, 0) is 4.74 Å². The highest BCUT2D eigenvalue weighted by molar-refractivity contribution is 5.64. The monoisotopic (exact) mass is 232 g/mol. The molecule has 0 aliphatic carbocycles. The molecule has 0 saturated carbocycles. The van der Waals surface area contributed by atoms with Gasteiger partial charge in [0.25, 0.3) is 0 Å². The van der Waals surface area contributed by atoms with Gasteiger partial charge < -0.3 is 20.3 Å². The lowest BCUT2D eigenvalue weighted by atomic mass is 10.0. The van der Waals surface area contributed by atoms with Crippen LogP contribution in [0.4, 0.5) is 4.79 Å². The van der Waals surface area contributed by atoms with Crippen molar-refractivity contribution >= 4 is 6.09 Å². The Hall–Kier alpha value is -0.850. The van der Waals surface area contributed by atoms with Crippen LogP contribution < -0.4 is 5.32 Å². The third-order valence-electron chi connectivity index (χ3n) is 2.75. The van der Waals surface area contributed by atoms with E-state index in [1.54, 1.807) is 0 Å². The molecule has 16 heavy (non-hydrogen) atoms. The number of ether oxygens (including phenoxy) is 1. The van der Waals surface area contributed by atoms with Crippen LogP contribution in [-0.4, -0.2) is 59.8 Å². The second-order valence-electron chi connectivity index (χ2n) is 4.28. The Morgan fingerprint density at radius 2 is 1.94 bits per heavy atom. The first-order valence-electron chi connectivity index (χ1n) is 5.51. The number of hydrogen-bond acceptors (Lipinski definition) is 4. The summed E-state index contributed by atoms with van der Waals surface area (Å²) in [5, 5.41) is 21.2. The number of carbonyl (C=O) groups is 1. The van der Waals surface area contributed by atoms with Crippen LogP contribution in [0.3, 0.4) is 0 Å². The molecule has 2 atom stereocenters. The Bertz CT molecular complexity index is 229. The minimum Gasteiger partial charge on any atom is -0.465 e. The maximum Gasteiger partial charge on any atom is 0.405 e. The highest BCUT2D eigenvalue weighted by Gasteiger charge is 2.30. The molecular formula is C10H20N2O4. The van der Waals surface area contributed by atoms with E-state index in [0.717, 1.165) is 0 Å². The van der Waals surface area contributed by atoms with Crippen LogP contribution in [0.2, 0.25) is 0 Å². The molecule has 0 aromatic rings. The topological polar surface area (TPSA) is 82.0 Å². The SMILES string of the molecule is CC(C)[C@H](NC(=O)O)[C@H](O)N1CCOCC1. The molecule has 6 heteroatoms. The first-order valence-corrected chi connectivity index (χ1v) is 5.51. The lowest BCUT2D eigenvalue weighted by Gasteiger charge is -2.37. The number of amides is 1. The molecule has 6 nitrogen and oxygen atoms in total. The van der Waals surface area contributed by atoms with Crippen molar-refractivity contribution in [2.75, 3.05) is 26.3 Å². The van der Waals surface area contributed by atoms with Crippen LogP contribution in [0, 0.1) is 5.92 Å². The van der Waals surface area contributed by atoms with Gasteiger partial charge in [0.15, 0.2) is 0 Å². The maximum absolute atomic E-state index is 10.6. The molecule has 0 radical (unpaired) electrons. The molecule has 1 aliphatic heterocycles. The Kier molecular flexibility index (Phi) is 4.98. The van der Waals surface area contributed by atoms with E-state index in [1.807, 2.05) is 18.7 Å². The van der Waals surface area contributed by atoms with Gasteiger partial charge in [-0.1, -0.05) is 13.8 Å². The van der Waals surface area contributed by atoms with Crippen molar-refractivity contribution in [1.29, 1.82) is 0 Å². The van der Waals surface area contributed by atoms with Crippen LogP contribution in [0.1, 0.15) is 13.8 Å². The van der Waals surface area contributed by atoms with E-state index in [2.05, 4.69) is 5.32 Å². The van der Waals surface area contributed by atoms with Crippen LogP contribution in [0.15, 0.2) is 0 Å². The zero-order valence-electron chi connectivity index (χ0n) is 9.72. The van der Waals surface area contributed by atoms with Crippen molar-refractivity contribution in [3.63, 3.8) is 0 Å². The molecule has 1 aliphatic rings. The normalized spacial score (nSPS) is 21.8. The van der Waals surface area contributed by atoms with Crippen molar-refractivity contribution in [2.24, 2.45) is 5.92 Å². The number of carboxylic acid groups (broad SMARTS) is 1. The number of hydrogen-bond donors (Lipinski definition) is 3. The quantitative estimate of drug-likeness (QED) is 0.632. The summed E-state index contributed by atoms with van der Waals surface area (Å²) < 4.78 is 5.18. The maximum atomic E-state index is 10.6. The van der Waals surface area contributed by atoms with Gasteiger partial charge in [0.2, 0.25) is 0 Å². The zero-order chi connectivity index (χ0) is 12.1. The van der Waals surface area contributed by atoms with Gasteiger partial charge in [0, 0.05) is 13.1 Å². The van der Waals surface area contributed by atoms with E-state index in [9.17, 15) is 9.90 Å². The fraction of sp³-hybridized carbons (Fsp3) is 0.900. The van der Waals surface area contributed by atoms with Gasteiger partial charge in [-0.3, -0.25) is 4.90 Å². The van der Waals surface area contributed by atoms with Gasteiger partial charge in [-0.25, -0.2) is 4.79 Å². The molecule has 1 amide bonds. The Labute approximate surface area is 95.2 Å². The van der Waals surface area contributed by atoms with E-state index in [4.69, 9.17) is 9.84 Å². The van der Waals surface area contributed by atoms with E-state index in [-0.39, 0.29) is 5.92 Å². The van der Waals surface area contributed by atoms with Crippen molar-refractivity contribution in [1.82, 2.24) is 10.2 Å². The second kappa shape index (κ2) is 6.03. The van der Waals surface area contributed by atoms with Gasteiger partial charge in [-0.2, -0.15) is 0 Å². The molecule has 0 aromatic heterocycles. The van der Waals surface area contributed by atoms with E-state index < -0.39 is 18.4 Å². The fourth-order valence-corrected chi connectivity index (χ4v) is 1.80. The molecule has 94 valence electrons. The number of rotatable bonds is 4. The first kappa shape index (κ1) is 13.2. The molecule has 0 aromatic carbocycles. The zero-order valence-corrected chi connectivity index (χ0v) is 9.72. The predicted octanol–water partition coefficient (Wildman–Crippen LogP) is -0.0708. The van der Waals surface area contributed by atoms with Gasteiger partial charge in [-0.15, -0.1) is 0 Å². The third kappa shape index (κ3) is 3.62. The van der Waals surface area contributed by atoms with Crippen LogP contribution >= 0.6 is 0 Å². The fourth-order valence-electron chi connectivity index (χ4n) is 1.80. The molecule has 1 saturated heterocycles. The van der Waals surface area contributed by atoms with Crippen molar-refractivity contribution in [3.05, 3.63) is 0 Å². The summed E-state index contributed by atoms with van der Waals surface area (Å²) in [6.07, 6.45) is -1.90. The highest BCUT2D eigenvalue weighted by atomic mass is 16.5. The van der Waals surface area contributed by atoms with Gasteiger partial charge in [0.05, 0.1) is 19.3 Å². The predicted molar refractivity (Wildman–Crippen MR) is 58.2 cm³/mol. The Morgan fingerprint density at radius 1 is 1.38 bits per heavy atom. The van der Waals surface area contributed by atoms with E-state index in [0.29, 0.717) is 26.3 Å². The average Bonchev–Trinajstić information content (AvgIpc) is 2.25. The van der Waals surface area contributed by atoms with Gasteiger partial charge in [-0.05, 0) is 5.92 Å². The summed E-state index contributed by atoms with van der Waals surface area (Å²) >= 11 is 0. The Morgan fingerprint density at radius 3 is 2.38 bits per heavy atom. The van der Waals surface area contributed by atoms with Crippen molar-refractivity contribution in [2.45, 2.75) is 26.1 Å². The third-order valence-corrected chi connectivity index (χ3v) is 2.75. The number of aliphatic hydroxyl groups is 1. The molecule has 0 unspecified atom stereocenters. The number of nitrogens with one attached hydrogen (secondary N) is 1. The van der Waals surface area contributed by atoms with E-state index in [1.165, 1.54) is 0 Å². The average molecular weight is 232 g/mol. The largest absolute Gasteiger partial charge is 0.465 e. The van der Waals surface area contributed by atoms with Crippen molar-refractivity contribution in [3.8, 4) is 0 Å². The summed E-state index contributed by atoms with van der Waals surface area (Å²) in [7, 11) is 0. The van der Waals surface area contributed by atoms with Gasteiger partial charge >= 0.3 is 6.09 Å². The van der Waals surface area contributed by atoms with Crippen LogP contribution in [0.5, 0.6) is 0 Å². The summed E-state index contributed by atoms with van der Waals surface area (Å²) in [6, 6.07) is -0.476. The summed E-state index contributed by atoms with van der Waals surface area (Å²) in [5.41, 5.74) is 0. The Balaban J connectivity index is 2.57. The molecule has 1 rings (SSSR count). The summed E-state index contributed by atoms with van der Waals surface area (Å²) in [6.45, 7) is 6.18. The highest BCUT2D eigenvalue weighted by Crippen LogP contribution is 2.12. The lowest BCUT2D eigenvalue weighted by molar-refractivity contribution is -0.0802. The standard InChI is InChI=1S/C10H20N2O4/c1-7(2)8(11-10(14)15)9(13)12-3-5-16-6-4-12/h7-9,11,13H,3-6H2,1-2H3,(H,14,15)/t8-,9-/m0/s1. The minimum absolute atomic E-state index is 0.0361. The first-order chi connectivity index (χ1) is 7.52. The smallest absolute Gasteiger partial charge is 0.405 e. The lowest BCUT2D eigenvalue weighted by Crippen LogP contribution is -2.56. The molecular weight excluding hydrogens is 212 g/mol. The molecule has 3 N–H and O–H groups in total. The summed E-state index contributed by atoms with van der Waals surface area (Å²) in [4.78, 5) is 12.5. The second-order valence-corrected chi connectivity index (χ2v) is 4.28. The number of aliphatic hydroxyl groups excluding tert-OH is 1. The molecule has 0 bridgehead atoms. The molecule has 1 heterocycles.